The predicted molar refractivity (Wildman–Crippen MR) is 375 cm³/mol. The number of pyridine rings is 2. The molecule has 588 valence electrons. The number of fused-ring (bicyclic) bond motifs is 3. The number of aromatic nitrogens is 4. The van der Waals surface area contributed by atoms with Gasteiger partial charge in [0.05, 0.1) is 54.0 Å². The van der Waals surface area contributed by atoms with Crippen LogP contribution in [0, 0.1) is 18.8 Å². The smallest absolute Gasteiger partial charge is 0.375 e. The first kappa shape index (κ1) is 77.0. The number of aliphatic carboxylic acids is 2. The van der Waals surface area contributed by atoms with Crippen molar-refractivity contribution in [2.45, 2.75) is 152 Å². The van der Waals surface area contributed by atoms with Crippen molar-refractivity contribution in [1.29, 1.82) is 0 Å². The normalized spacial score (nSPS) is 23.7. The summed E-state index contributed by atoms with van der Waals surface area (Å²) in [7, 11) is 0. The summed E-state index contributed by atoms with van der Waals surface area (Å²) >= 11 is 2.18. The van der Waals surface area contributed by atoms with Gasteiger partial charge in [-0.15, -0.1) is 22.7 Å². The monoisotopic (exact) mass is 1600 g/mol. The number of nitrogens with two attached hydrogens (primary N) is 1. The molecule has 0 spiro atoms. The Balaban J connectivity index is 0.000000201. The van der Waals surface area contributed by atoms with E-state index >= 15 is 0 Å². The van der Waals surface area contributed by atoms with Crippen molar-refractivity contribution in [2.75, 3.05) is 18.9 Å². The van der Waals surface area contributed by atoms with E-state index in [9.17, 15) is 87.2 Å². The molecule has 6 amide bonds. The van der Waals surface area contributed by atoms with Crippen molar-refractivity contribution in [2.24, 2.45) is 22.1 Å². The fraction of sp³-hybridized carbons (Fsp3) is 0.389. The number of ether oxygens (including phenoxy) is 6. The zero-order valence-corrected chi connectivity index (χ0v) is 62.1. The maximum Gasteiger partial charge on any atom is 0.375 e. The van der Waals surface area contributed by atoms with Crippen LogP contribution in [0.2, 0.25) is 0 Å². The van der Waals surface area contributed by atoms with Crippen molar-refractivity contribution in [3.05, 3.63) is 144 Å². The number of thiazole rings is 2. The minimum absolute atomic E-state index is 0.0444. The molecule has 6 N–H and O–H groups in total. The number of carboxylic acids is 2. The van der Waals surface area contributed by atoms with Gasteiger partial charge in [0, 0.05) is 72.5 Å². The average Bonchev–Trinajstić information content (AvgIpc) is 1.57. The Bertz CT molecular complexity index is 5180. The van der Waals surface area contributed by atoms with Gasteiger partial charge in [0.2, 0.25) is 11.2 Å². The topological polar surface area (TPSA) is 527 Å². The second-order valence-electron chi connectivity index (χ2n) is 29.3. The number of rotatable bonds is 22. The van der Waals surface area contributed by atoms with E-state index in [1.807, 2.05) is 17.1 Å². The molecule has 9 aliphatic rings. The molecular formula is C72H65N11O28S2. The number of nitrogens with one attached hydrogen (secondary N) is 1. The first-order valence-corrected chi connectivity index (χ1v) is 36.4. The van der Waals surface area contributed by atoms with Gasteiger partial charge < -0.3 is 64.1 Å². The summed E-state index contributed by atoms with van der Waals surface area (Å²) in [5, 5.41) is 41.3. The lowest BCUT2D eigenvalue weighted by Crippen LogP contribution is -2.57. The van der Waals surface area contributed by atoms with Crippen LogP contribution < -0.4 is 20.8 Å². The molecule has 0 bridgehead atoms. The molecule has 39 nitrogen and oxygen atoms in total. The van der Waals surface area contributed by atoms with Gasteiger partial charge in [0.1, 0.15) is 46.1 Å². The van der Waals surface area contributed by atoms with Gasteiger partial charge in [0.15, 0.2) is 39.6 Å². The number of esters is 4. The minimum atomic E-state index is -2.88. The van der Waals surface area contributed by atoms with Crippen LogP contribution in [0.1, 0.15) is 162 Å². The van der Waals surface area contributed by atoms with E-state index in [1.165, 1.54) is 22.8 Å². The highest BCUT2D eigenvalue weighted by Gasteiger charge is 2.68. The van der Waals surface area contributed by atoms with Crippen molar-refractivity contribution in [3.63, 3.8) is 0 Å². The quantitative estimate of drug-likeness (QED) is 0.0214. The number of aryl methyl sites for hydroxylation is 1. The van der Waals surface area contributed by atoms with Crippen LogP contribution in [0.25, 0.3) is 0 Å². The molecule has 113 heavy (non-hydrogen) atoms. The summed E-state index contributed by atoms with van der Waals surface area (Å²) in [4.78, 5) is 237. The number of amides is 6. The van der Waals surface area contributed by atoms with E-state index < -0.39 is 214 Å². The maximum atomic E-state index is 14.3. The third-order valence-electron chi connectivity index (χ3n) is 19.0. The van der Waals surface area contributed by atoms with Crippen molar-refractivity contribution < 1.29 is 130 Å². The summed E-state index contributed by atoms with van der Waals surface area (Å²) in [6, 6.07) is 16.4. The number of nitrogen functional groups attached to an aromatic ring is 1. The van der Waals surface area contributed by atoms with Gasteiger partial charge in [-0.2, -0.15) is 10.1 Å². The minimum Gasteiger partial charge on any atom is -0.503 e. The Morgan fingerprint density at radius 3 is 1.60 bits per heavy atom. The highest BCUT2D eigenvalue weighted by atomic mass is 32.1. The van der Waals surface area contributed by atoms with Crippen LogP contribution >= 0.6 is 22.7 Å². The molecule has 41 heteroatoms. The van der Waals surface area contributed by atoms with Gasteiger partial charge in [-0.25, -0.2) is 43.7 Å². The van der Waals surface area contributed by atoms with Gasteiger partial charge >= 0.3 is 53.1 Å². The molecular weight excluding hydrogens is 1530 g/mol. The number of Topliss-reactive ketones (excluding diaryl/α,β-unsaturated/α-hetero) is 2. The summed E-state index contributed by atoms with van der Waals surface area (Å²) in [5.41, 5.74) is -7.05. The van der Waals surface area contributed by atoms with E-state index in [0.717, 1.165) is 11.3 Å². The molecule has 4 saturated heterocycles. The number of benzene rings is 2. The second-order valence-corrected chi connectivity index (χ2v) is 31.3. The number of carboxylic acid groups (broad SMARTS) is 2. The Hall–Kier alpha value is -12.8. The number of aromatic amines is 1. The number of carbonyl (C=O) groups excluding carboxylic acids is 12. The zero-order chi connectivity index (χ0) is 81.1. The molecule has 2 saturated carbocycles. The first-order valence-electron chi connectivity index (χ1n) is 34.6. The Kier molecular flexibility index (Phi) is 19.0. The number of cyclic esters (lactones) is 2. The number of anilines is 1. The fourth-order valence-corrected chi connectivity index (χ4v) is 14.2. The molecule has 11 heterocycles. The largest absolute Gasteiger partial charge is 0.503 e. The molecule has 0 radical (unpaired) electrons. The fourth-order valence-electron chi connectivity index (χ4n) is 13.1. The molecule has 15 rings (SSSR count). The molecule has 2 aromatic carbocycles. The van der Waals surface area contributed by atoms with Crippen molar-refractivity contribution >= 4 is 122 Å². The van der Waals surface area contributed by atoms with Gasteiger partial charge in [0.25, 0.3) is 46.9 Å². The van der Waals surface area contributed by atoms with Gasteiger partial charge in [-0.1, -0.05) is 71.0 Å². The number of aromatic hydroxyl groups is 1. The number of hydrogen-bond acceptors (Lipinski definition) is 34. The highest BCUT2D eigenvalue weighted by Crippen LogP contribution is 2.50. The molecule has 2 unspecified atom stereocenters. The molecule has 2 aliphatic carbocycles. The standard InChI is InChI=1S/C47H45N5O14S.C25H20N6O14S/c1-25-48-30(24-67-25)35(50-66-45(18-19-45)41(58)64-43(2,3)4)32(53)20-26-23-60-52(37(26)54)46(42(59)65-44(5,6)7)22-31(40(57)63-46)51-38(55)29-21-33-36(49-34(29)39(51)56)62-47(61-33,27-14-10-8-11-15-27)28-16-12-9-13-17-28;26-23-27-10(7-46-23)15(29-45-24(1-2-24)21(39)40)12(32)3-8-6-43-31(17(8)35)25(22(41)42)5-11(20(38)44-25)30-18(36)9-4-13(33)16(34)28-14(9)19(30)37/h8-17,21,24,26,31H,18-20,22-23H2,1-7H3;4,7-8,11,33H,1-3,5-6H2,(H2,26,27)(H,28,34)(H,39,40)(H,41,42)/b50-35-;29-15-/t26-,31-,46?;8-,11-,25?/m00/s1. The van der Waals surface area contributed by atoms with Crippen LogP contribution in [-0.2, 0) is 92.0 Å². The van der Waals surface area contributed by atoms with Crippen LogP contribution in [0.15, 0.2) is 98.7 Å². The van der Waals surface area contributed by atoms with E-state index in [0.29, 0.717) is 49.9 Å². The summed E-state index contributed by atoms with van der Waals surface area (Å²) in [5.74, 6) is -20.8. The number of oxime groups is 2. The van der Waals surface area contributed by atoms with E-state index in [-0.39, 0.29) is 63.0 Å². The number of hydrogen-bond donors (Lipinski definition) is 5. The van der Waals surface area contributed by atoms with E-state index in [4.69, 9.17) is 53.5 Å². The summed E-state index contributed by atoms with van der Waals surface area (Å²) < 4.78 is 34.8. The molecule has 6 atom stereocenters. The van der Waals surface area contributed by atoms with Crippen molar-refractivity contribution in [3.8, 4) is 17.4 Å². The molecule has 4 aromatic heterocycles. The third-order valence-corrected chi connectivity index (χ3v) is 20.5. The zero-order valence-electron chi connectivity index (χ0n) is 60.4. The highest BCUT2D eigenvalue weighted by molar-refractivity contribution is 7.13. The lowest BCUT2D eigenvalue weighted by molar-refractivity contribution is -0.263. The maximum absolute atomic E-state index is 14.3. The summed E-state index contributed by atoms with van der Waals surface area (Å²) in [6.45, 7) is 10.4. The Morgan fingerprint density at radius 1 is 0.602 bits per heavy atom. The molecule has 6 aromatic rings. The van der Waals surface area contributed by atoms with E-state index in [2.05, 4.69) is 25.3 Å². The second kappa shape index (κ2) is 27.9. The first-order chi connectivity index (χ1) is 53.3. The summed E-state index contributed by atoms with van der Waals surface area (Å²) in [6.07, 6.45) is -2.16. The van der Waals surface area contributed by atoms with Gasteiger partial charge in [-0.05, 0) is 48.5 Å². The van der Waals surface area contributed by atoms with Crippen LogP contribution in [0.5, 0.6) is 17.4 Å². The van der Waals surface area contributed by atoms with Gasteiger partial charge in [-0.3, -0.25) is 62.6 Å². The number of H-pyrrole nitrogens is 1. The van der Waals surface area contributed by atoms with Crippen molar-refractivity contribution in [1.82, 2.24) is 39.9 Å². The number of imide groups is 2. The Labute approximate surface area is 643 Å². The third kappa shape index (κ3) is 13.7. The Morgan fingerprint density at radius 2 is 1.10 bits per heavy atom. The van der Waals surface area contributed by atoms with Crippen LogP contribution in [-0.4, -0.2) is 209 Å². The lowest BCUT2D eigenvalue weighted by atomic mass is 9.97. The molecule has 7 aliphatic heterocycles. The van der Waals surface area contributed by atoms with E-state index in [1.54, 1.807) is 102 Å². The number of carbonyl (C=O) groups is 14. The van der Waals surface area contributed by atoms with Crippen LogP contribution in [0.4, 0.5) is 5.13 Å². The number of ketones is 2. The van der Waals surface area contributed by atoms with Crippen LogP contribution in [0.3, 0.4) is 0 Å². The SMILES string of the molecule is Cc1nc(/C(=N/OC2(C(=O)OC(C)(C)C)CC2)C(=O)C[C@H]2CON(C3(C(=O)OC(C)(C)C)C[C@H](N4C(=O)c5cc6c(nc5C4=O)OC(c4ccccc4)(c4ccccc4)O6)C(=O)O3)C2=O)cs1.Nc1nc(/C(=N/OC2(C(=O)O)CC2)C(=O)C[C@H]2CON(C3(C(=O)O)C[C@H](N4C(=O)c5cc(O)c(=O)[nH]c5C4=O)C(=O)O3)C2=O)cs1. The molecule has 6 fully saturated rings. The number of nitrogens with zero attached hydrogens (tertiary/aromatic N) is 9. The number of hydroxylamine groups is 4. The predicted octanol–water partition coefficient (Wildman–Crippen LogP) is 3.31. The average molecular weight is 1600 g/mol. The lowest BCUT2D eigenvalue weighted by Gasteiger charge is -2.35.